The van der Waals surface area contributed by atoms with Gasteiger partial charge < -0.3 is 19.6 Å². The van der Waals surface area contributed by atoms with Gasteiger partial charge in [0.05, 0.1) is 18.7 Å². The molecule has 218 valence electrons. The van der Waals surface area contributed by atoms with Crippen molar-refractivity contribution in [3.05, 3.63) is 53.8 Å². The number of carboxylic acid groups (broad SMARTS) is 1. The minimum atomic E-state index is -1.76. The van der Waals surface area contributed by atoms with Crippen LogP contribution in [0.2, 0.25) is 0 Å². The van der Waals surface area contributed by atoms with E-state index in [0.29, 0.717) is 48.8 Å². The van der Waals surface area contributed by atoms with Crippen LogP contribution in [0, 0.1) is 11.7 Å². The Morgan fingerprint density at radius 1 is 1.10 bits per heavy atom. The number of likely N-dealkylation sites (tertiary alicyclic amines) is 2. The SMILES string of the molecule is CCC(F)(CC)CN1CCC(COc2ccc(-c3cccc(F)c3C(=O)N3C[C@@H](F)C[C@@]3(C)C(=O)O)cc2)CC1. The molecule has 2 atom stereocenters. The Labute approximate surface area is 234 Å². The van der Waals surface area contributed by atoms with Gasteiger partial charge in [0.2, 0.25) is 0 Å². The molecule has 2 saturated heterocycles. The van der Waals surface area contributed by atoms with Gasteiger partial charge in [0.25, 0.3) is 5.91 Å². The number of nitrogens with zero attached hydrogens (tertiary/aromatic N) is 2. The Bertz CT molecular complexity index is 1200. The van der Waals surface area contributed by atoms with Crippen molar-refractivity contribution >= 4 is 11.9 Å². The van der Waals surface area contributed by atoms with Crippen molar-refractivity contribution in [3.63, 3.8) is 0 Å². The molecule has 0 spiro atoms. The smallest absolute Gasteiger partial charge is 0.329 e. The number of amides is 1. The molecule has 2 aromatic carbocycles. The molecule has 2 aliphatic heterocycles. The van der Waals surface area contributed by atoms with Crippen molar-refractivity contribution in [1.82, 2.24) is 9.80 Å². The number of aliphatic carboxylic acids is 1. The van der Waals surface area contributed by atoms with Crippen molar-refractivity contribution in [2.45, 2.75) is 70.3 Å². The van der Waals surface area contributed by atoms with Gasteiger partial charge in [-0.1, -0.05) is 38.1 Å². The van der Waals surface area contributed by atoms with E-state index in [9.17, 15) is 23.5 Å². The number of rotatable bonds is 10. The second-order valence-corrected chi connectivity index (χ2v) is 11.4. The van der Waals surface area contributed by atoms with Crippen molar-refractivity contribution in [3.8, 4) is 16.9 Å². The molecule has 2 aromatic rings. The number of piperidine rings is 1. The van der Waals surface area contributed by atoms with Crippen LogP contribution in [0.4, 0.5) is 13.2 Å². The minimum Gasteiger partial charge on any atom is -0.493 e. The van der Waals surface area contributed by atoms with Crippen molar-refractivity contribution in [2.75, 3.05) is 32.8 Å². The van der Waals surface area contributed by atoms with E-state index in [1.54, 1.807) is 30.3 Å². The predicted molar refractivity (Wildman–Crippen MR) is 148 cm³/mol. The Balaban J connectivity index is 1.41. The molecule has 6 nitrogen and oxygen atoms in total. The molecule has 0 bridgehead atoms. The molecule has 0 radical (unpaired) electrons. The second-order valence-electron chi connectivity index (χ2n) is 11.4. The molecule has 1 amide bonds. The number of halogens is 3. The number of hydrogen-bond donors (Lipinski definition) is 1. The topological polar surface area (TPSA) is 70.1 Å². The Kier molecular flexibility index (Phi) is 9.12. The maximum atomic E-state index is 15.0. The molecular weight excluding hydrogens is 521 g/mol. The van der Waals surface area contributed by atoms with Crippen LogP contribution in [-0.4, -0.2) is 76.9 Å². The average molecular weight is 561 g/mol. The zero-order valence-corrected chi connectivity index (χ0v) is 23.5. The fourth-order valence-corrected chi connectivity index (χ4v) is 5.76. The van der Waals surface area contributed by atoms with Gasteiger partial charge in [0.15, 0.2) is 0 Å². The third-order valence-corrected chi connectivity index (χ3v) is 8.66. The standard InChI is InChI=1S/C31H39F3N2O4/c1-4-31(34,5-2)20-35-15-13-21(14-16-35)19-40-24-11-9-22(10-12-24)25-7-6-8-26(33)27(25)28(37)36-18-23(32)17-30(36,3)29(38)39/h6-12,21,23H,4-5,13-20H2,1-3H3,(H,38,39)/t23-,30-/m0/s1. The summed E-state index contributed by atoms with van der Waals surface area (Å²) in [4.78, 5) is 28.4. The van der Waals surface area contributed by atoms with E-state index in [-0.39, 0.29) is 12.0 Å². The van der Waals surface area contributed by atoms with E-state index in [1.807, 2.05) is 13.8 Å². The number of benzene rings is 2. The third kappa shape index (κ3) is 6.29. The van der Waals surface area contributed by atoms with Crippen molar-refractivity contribution in [2.24, 2.45) is 5.92 Å². The van der Waals surface area contributed by atoms with E-state index in [0.717, 1.165) is 36.9 Å². The molecule has 0 aliphatic carbocycles. The first-order valence-corrected chi connectivity index (χ1v) is 14.1. The Hall–Kier alpha value is -3.07. The first-order valence-electron chi connectivity index (χ1n) is 14.1. The summed E-state index contributed by atoms with van der Waals surface area (Å²) < 4.78 is 50.0. The van der Waals surface area contributed by atoms with Gasteiger partial charge in [-0.2, -0.15) is 0 Å². The highest BCUT2D eigenvalue weighted by Gasteiger charge is 2.51. The normalized spacial score (nSPS) is 22.4. The molecule has 2 aliphatic rings. The van der Waals surface area contributed by atoms with Gasteiger partial charge >= 0.3 is 5.97 Å². The molecular formula is C31H39F3N2O4. The summed E-state index contributed by atoms with van der Waals surface area (Å²) >= 11 is 0. The van der Waals surface area contributed by atoms with E-state index >= 15 is 4.39 Å². The van der Waals surface area contributed by atoms with Gasteiger partial charge in [-0.15, -0.1) is 0 Å². The minimum absolute atomic E-state index is 0.284. The van der Waals surface area contributed by atoms with Crippen LogP contribution in [0.5, 0.6) is 5.75 Å². The summed E-state index contributed by atoms with van der Waals surface area (Å²) in [6.45, 7) is 7.36. The van der Waals surface area contributed by atoms with Crippen molar-refractivity contribution in [1.29, 1.82) is 0 Å². The summed E-state index contributed by atoms with van der Waals surface area (Å²) in [6.07, 6.45) is 1.05. The average Bonchev–Trinajstić information content (AvgIpc) is 3.27. The van der Waals surface area contributed by atoms with Crippen LogP contribution in [0.3, 0.4) is 0 Å². The highest BCUT2D eigenvalue weighted by Crippen LogP contribution is 2.36. The summed E-state index contributed by atoms with van der Waals surface area (Å²) in [5.41, 5.74) is -2.32. The number of carboxylic acids is 1. The molecule has 0 aromatic heterocycles. The van der Waals surface area contributed by atoms with E-state index in [4.69, 9.17) is 4.74 Å². The zero-order valence-electron chi connectivity index (χ0n) is 23.5. The zero-order chi connectivity index (χ0) is 29.1. The number of carbonyl (C=O) groups excluding carboxylic acids is 1. The molecule has 2 heterocycles. The van der Waals surface area contributed by atoms with Crippen LogP contribution in [0.15, 0.2) is 42.5 Å². The van der Waals surface area contributed by atoms with Gasteiger partial charge in [-0.3, -0.25) is 4.79 Å². The molecule has 0 saturated carbocycles. The maximum absolute atomic E-state index is 15.0. The highest BCUT2D eigenvalue weighted by atomic mass is 19.1. The molecule has 0 unspecified atom stereocenters. The third-order valence-electron chi connectivity index (χ3n) is 8.66. The van der Waals surface area contributed by atoms with E-state index in [1.165, 1.54) is 13.0 Å². The lowest BCUT2D eigenvalue weighted by Crippen LogP contribution is -2.51. The van der Waals surface area contributed by atoms with Gasteiger partial charge in [-0.05, 0) is 80.9 Å². The van der Waals surface area contributed by atoms with Crippen LogP contribution in [-0.2, 0) is 4.79 Å². The lowest BCUT2D eigenvalue weighted by atomic mass is 9.94. The number of carbonyl (C=O) groups is 2. The highest BCUT2D eigenvalue weighted by molar-refractivity contribution is 6.03. The van der Waals surface area contributed by atoms with Crippen LogP contribution < -0.4 is 4.74 Å². The summed E-state index contributed by atoms with van der Waals surface area (Å²) in [5, 5.41) is 9.68. The largest absolute Gasteiger partial charge is 0.493 e. The summed E-state index contributed by atoms with van der Waals surface area (Å²) in [6, 6.07) is 11.1. The number of ether oxygens (including phenoxy) is 1. The van der Waals surface area contributed by atoms with Crippen LogP contribution >= 0.6 is 0 Å². The Morgan fingerprint density at radius 2 is 1.75 bits per heavy atom. The van der Waals surface area contributed by atoms with Crippen molar-refractivity contribution < 1.29 is 32.6 Å². The van der Waals surface area contributed by atoms with E-state index in [2.05, 4.69) is 4.90 Å². The van der Waals surface area contributed by atoms with Gasteiger partial charge in [0, 0.05) is 13.0 Å². The quantitative estimate of drug-likeness (QED) is 0.378. The fraction of sp³-hybridized carbons (Fsp3) is 0.548. The monoisotopic (exact) mass is 560 g/mol. The lowest BCUT2D eigenvalue weighted by Gasteiger charge is -2.36. The molecule has 2 fully saturated rings. The van der Waals surface area contributed by atoms with Crippen LogP contribution in [0.1, 0.15) is 63.2 Å². The van der Waals surface area contributed by atoms with Crippen LogP contribution in [0.25, 0.3) is 11.1 Å². The number of hydrogen-bond acceptors (Lipinski definition) is 4. The van der Waals surface area contributed by atoms with Gasteiger partial charge in [0.1, 0.15) is 28.9 Å². The molecule has 4 rings (SSSR count). The predicted octanol–water partition coefficient (Wildman–Crippen LogP) is 6.14. The maximum Gasteiger partial charge on any atom is 0.329 e. The lowest BCUT2D eigenvalue weighted by molar-refractivity contribution is -0.147. The van der Waals surface area contributed by atoms with Gasteiger partial charge in [-0.25, -0.2) is 18.0 Å². The number of alkyl halides is 2. The first-order chi connectivity index (χ1) is 19.0. The Morgan fingerprint density at radius 3 is 2.35 bits per heavy atom. The first kappa shape index (κ1) is 29.9. The van der Waals surface area contributed by atoms with E-state index < -0.39 is 41.6 Å². The molecule has 9 heteroatoms. The molecule has 40 heavy (non-hydrogen) atoms. The summed E-state index contributed by atoms with van der Waals surface area (Å²) in [7, 11) is 0. The summed E-state index contributed by atoms with van der Waals surface area (Å²) in [5.74, 6) is -1.99. The molecule has 1 N–H and O–H groups in total. The second kappa shape index (κ2) is 12.2. The fourth-order valence-electron chi connectivity index (χ4n) is 5.76.